The lowest BCUT2D eigenvalue weighted by atomic mass is 9.94. The number of benzene rings is 2. The van der Waals surface area contributed by atoms with E-state index in [4.69, 9.17) is 9.47 Å². The smallest absolute Gasteiger partial charge is 0.419 e. The number of hydrogen-bond acceptors (Lipinski definition) is 2. The Labute approximate surface area is 197 Å². The van der Waals surface area contributed by atoms with Crippen molar-refractivity contribution < 1.29 is 35.8 Å². The SMILES string of the molecule is CCCCCCCCC(C)C(C)(Oc1ccccc1C(F)(F)F)Oc1ccccc1C(F)(F)F. The van der Waals surface area contributed by atoms with Crippen LogP contribution in [0.4, 0.5) is 26.3 Å². The Morgan fingerprint density at radius 1 is 0.676 bits per heavy atom. The van der Waals surface area contributed by atoms with Gasteiger partial charge in [-0.2, -0.15) is 26.3 Å². The standard InChI is InChI=1S/C26H32F6O2/c1-4-5-6-7-8-9-14-19(2)24(3,33-22-17-12-10-15-20(22)25(27,28)29)34-23-18-13-11-16-21(23)26(30,31)32/h10-13,15-19H,4-9,14H2,1-3H3. The minimum Gasteiger partial charge on any atom is -0.452 e. The highest BCUT2D eigenvalue weighted by atomic mass is 19.4. The molecule has 0 fully saturated rings. The van der Waals surface area contributed by atoms with Crippen LogP contribution < -0.4 is 9.47 Å². The molecule has 0 aliphatic heterocycles. The molecule has 190 valence electrons. The van der Waals surface area contributed by atoms with Crippen molar-refractivity contribution in [2.24, 2.45) is 5.92 Å². The quantitative estimate of drug-likeness (QED) is 0.168. The van der Waals surface area contributed by atoms with Gasteiger partial charge in [0.15, 0.2) is 0 Å². The number of halogens is 6. The second-order valence-electron chi connectivity index (χ2n) is 8.67. The molecule has 0 amide bonds. The lowest BCUT2D eigenvalue weighted by molar-refractivity contribution is -0.163. The first-order valence-corrected chi connectivity index (χ1v) is 11.6. The second-order valence-corrected chi connectivity index (χ2v) is 8.67. The van der Waals surface area contributed by atoms with Crippen molar-refractivity contribution in [2.75, 3.05) is 0 Å². The van der Waals surface area contributed by atoms with Crippen LogP contribution in [-0.4, -0.2) is 5.79 Å². The summed E-state index contributed by atoms with van der Waals surface area (Å²) in [6, 6.07) is 9.27. The van der Waals surface area contributed by atoms with Crippen molar-refractivity contribution in [3.05, 3.63) is 59.7 Å². The summed E-state index contributed by atoms with van der Waals surface area (Å²) >= 11 is 0. The molecule has 0 saturated heterocycles. The van der Waals surface area contributed by atoms with Gasteiger partial charge in [-0.1, -0.05) is 76.6 Å². The summed E-state index contributed by atoms with van der Waals surface area (Å²) in [5, 5.41) is 0. The first-order valence-electron chi connectivity index (χ1n) is 11.6. The molecule has 0 aliphatic rings. The Morgan fingerprint density at radius 2 is 1.09 bits per heavy atom. The normalized spacial score (nSPS) is 13.6. The van der Waals surface area contributed by atoms with Crippen LogP contribution in [0, 0.1) is 5.92 Å². The van der Waals surface area contributed by atoms with Gasteiger partial charge < -0.3 is 9.47 Å². The molecule has 0 saturated carbocycles. The number of rotatable bonds is 12. The molecular weight excluding hydrogens is 458 g/mol. The van der Waals surface area contributed by atoms with Crippen molar-refractivity contribution in [1.82, 2.24) is 0 Å². The number of unbranched alkanes of at least 4 members (excludes halogenated alkanes) is 5. The molecule has 0 radical (unpaired) electrons. The average Bonchev–Trinajstić information content (AvgIpc) is 2.75. The van der Waals surface area contributed by atoms with Crippen LogP contribution in [0.25, 0.3) is 0 Å². The van der Waals surface area contributed by atoms with E-state index < -0.39 is 46.7 Å². The van der Waals surface area contributed by atoms with Crippen molar-refractivity contribution >= 4 is 0 Å². The van der Waals surface area contributed by atoms with Gasteiger partial charge in [0.05, 0.1) is 11.1 Å². The third kappa shape index (κ3) is 7.84. The van der Waals surface area contributed by atoms with Crippen LogP contribution in [0.3, 0.4) is 0 Å². The van der Waals surface area contributed by atoms with Gasteiger partial charge in [0.2, 0.25) is 0 Å². The molecule has 2 aromatic rings. The third-order valence-electron chi connectivity index (χ3n) is 5.90. The molecule has 2 nitrogen and oxygen atoms in total. The van der Waals surface area contributed by atoms with Gasteiger partial charge in [-0.05, 0) is 30.7 Å². The highest BCUT2D eigenvalue weighted by Crippen LogP contribution is 2.42. The Kier molecular flexibility index (Phi) is 9.71. The van der Waals surface area contributed by atoms with Crippen molar-refractivity contribution in [3.63, 3.8) is 0 Å². The predicted molar refractivity (Wildman–Crippen MR) is 120 cm³/mol. The summed E-state index contributed by atoms with van der Waals surface area (Å²) in [6.07, 6.45) is -2.85. The zero-order chi connectivity index (χ0) is 25.4. The fraction of sp³-hybridized carbons (Fsp3) is 0.538. The molecule has 2 rings (SSSR count). The largest absolute Gasteiger partial charge is 0.452 e. The van der Waals surface area contributed by atoms with E-state index in [2.05, 4.69) is 6.92 Å². The van der Waals surface area contributed by atoms with E-state index in [9.17, 15) is 26.3 Å². The topological polar surface area (TPSA) is 18.5 Å². The predicted octanol–water partition coefficient (Wildman–Crippen LogP) is 9.28. The minimum absolute atomic E-state index is 0.489. The maximum Gasteiger partial charge on any atom is 0.419 e. The van der Waals surface area contributed by atoms with Gasteiger partial charge in [-0.15, -0.1) is 0 Å². The molecule has 0 spiro atoms. The third-order valence-corrected chi connectivity index (χ3v) is 5.90. The monoisotopic (exact) mass is 490 g/mol. The number of ether oxygens (including phenoxy) is 2. The number of hydrogen-bond donors (Lipinski definition) is 0. The molecule has 1 unspecified atom stereocenters. The maximum absolute atomic E-state index is 13.6. The van der Waals surface area contributed by atoms with E-state index in [1.807, 2.05) is 0 Å². The minimum atomic E-state index is -4.69. The van der Waals surface area contributed by atoms with Gasteiger partial charge in [0.1, 0.15) is 11.5 Å². The van der Waals surface area contributed by atoms with Crippen LogP contribution >= 0.6 is 0 Å². The van der Waals surface area contributed by atoms with Crippen molar-refractivity contribution in [2.45, 2.75) is 83.9 Å². The Balaban J connectivity index is 2.35. The maximum atomic E-state index is 13.6. The molecule has 0 bridgehead atoms. The molecule has 1 atom stereocenters. The van der Waals surface area contributed by atoms with E-state index in [-0.39, 0.29) is 0 Å². The lowest BCUT2D eigenvalue weighted by Gasteiger charge is -2.37. The summed E-state index contributed by atoms with van der Waals surface area (Å²) in [5.74, 6) is -3.25. The van der Waals surface area contributed by atoms with Crippen LogP contribution in [0.1, 0.15) is 76.8 Å². The molecule has 0 aromatic heterocycles. The molecule has 0 N–H and O–H groups in total. The van der Waals surface area contributed by atoms with Gasteiger partial charge in [-0.25, -0.2) is 0 Å². The summed E-state index contributed by atoms with van der Waals surface area (Å²) < 4.78 is 92.9. The fourth-order valence-corrected chi connectivity index (χ4v) is 3.73. The summed E-state index contributed by atoms with van der Waals surface area (Å²) in [6.45, 7) is 5.23. The lowest BCUT2D eigenvalue weighted by Crippen LogP contribution is -2.46. The Morgan fingerprint density at radius 3 is 1.53 bits per heavy atom. The van der Waals surface area contributed by atoms with Crippen molar-refractivity contribution in [1.29, 1.82) is 0 Å². The van der Waals surface area contributed by atoms with Gasteiger partial charge in [0.25, 0.3) is 5.79 Å². The first-order chi connectivity index (χ1) is 15.9. The van der Waals surface area contributed by atoms with Crippen molar-refractivity contribution in [3.8, 4) is 11.5 Å². The highest BCUT2D eigenvalue weighted by Gasteiger charge is 2.42. The molecule has 8 heteroatoms. The van der Waals surface area contributed by atoms with E-state index >= 15 is 0 Å². The summed E-state index contributed by atoms with van der Waals surface area (Å²) in [4.78, 5) is 0. The number of alkyl halides is 6. The van der Waals surface area contributed by atoms with E-state index in [0.717, 1.165) is 62.8 Å². The second kappa shape index (κ2) is 11.8. The first kappa shape index (κ1) is 27.9. The Bertz CT molecular complexity index is 832. The molecule has 0 aliphatic carbocycles. The van der Waals surface area contributed by atoms with Gasteiger partial charge >= 0.3 is 12.4 Å². The molecular formula is C26H32F6O2. The zero-order valence-corrected chi connectivity index (χ0v) is 19.7. The molecule has 34 heavy (non-hydrogen) atoms. The van der Waals surface area contributed by atoms with E-state index in [1.54, 1.807) is 6.92 Å². The Hall–Kier alpha value is -2.38. The number of para-hydroxylation sites is 2. The summed E-state index contributed by atoms with van der Waals surface area (Å²) in [5.41, 5.74) is -2.03. The molecule has 2 aromatic carbocycles. The van der Waals surface area contributed by atoms with Crippen LogP contribution in [0.2, 0.25) is 0 Å². The van der Waals surface area contributed by atoms with E-state index in [1.165, 1.54) is 31.2 Å². The van der Waals surface area contributed by atoms with Crippen LogP contribution in [-0.2, 0) is 12.4 Å². The molecule has 0 heterocycles. The highest BCUT2D eigenvalue weighted by molar-refractivity contribution is 5.38. The average molecular weight is 491 g/mol. The van der Waals surface area contributed by atoms with Crippen LogP contribution in [0.15, 0.2) is 48.5 Å². The van der Waals surface area contributed by atoms with E-state index in [0.29, 0.717) is 6.42 Å². The fourth-order valence-electron chi connectivity index (χ4n) is 3.73. The van der Waals surface area contributed by atoms with Gasteiger partial charge in [0, 0.05) is 12.8 Å². The summed E-state index contributed by atoms with van der Waals surface area (Å²) in [7, 11) is 0. The zero-order valence-electron chi connectivity index (χ0n) is 19.7. The van der Waals surface area contributed by atoms with Gasteiger partial charge in [-0.3, -0.25) is 0 Å². The van der Waals surface area contributed by atoms with Crippen LogP contribution in [0.5, 0.6) is 11.5 Å².